The predicted molar refractivity (Wildman–Crippen MR) is 99.1 cm³/mol. The Morgan fingerprint density at radius 1 is 1.04 bits per heavy atom. The first kappa shape index (κ1) is 17.0. The van der Waals surface area contributed by atoms with Crippen molar-refractivity contribution in [3.05, 3.63) is 80.7 Å². The Morgan fingerprint density at radius 2 is 1.74 bits per heavy atom. The summed E-state index contributed by atoms with van der Waals surface area (Å²) in [6, 6.07) is 11.4. The van der Waals surface area contributed by atoms with Crippen LogP contribution in [0.25, 0.3) is 11.0 Å². The van der Waals surface area contributed by atoms with Crippen molar-refractivity contribution in [2.45, 2.75) is 19.9 Å². The van der Waals surface area contributed by atoms with E-state index in [2.05, 4.69) is 0 Å². The average Bonchev–Trinajstić information content (AvgIpc) is 2.67. The molecule has 0 saturated heterocycles. The molecule has 6 nitrogen and oxygen atoms in total. The van der Waals surface area contributed by atoms with Crippen LogP contribution in [-0.2, 0) is 13.0 Å². The maximum Gasteiger partial charge on any atom is 0.341 e. The van der Waals surface area contributed by atoms with Crippen molar-refractivity contribution in [1.29, 1.82) is 0 Å². The van der Waals surface area contributed by atoms with Crippen molar-refractivity contribution in [3.63, 3.8) is 0 Å². The molecule has 1 amide bonds. The third kappa shape index (κ3) is 2.89. The summed E-state index contributed by atoms with van der Waals surface area (Å²) in [4.78, 5) is 37.8. The summed E-state index contributed by atoms with van der Waals surface area (Å²) in [6.45, 7) is 2.64. The molecule has 1 aliphatic rings. The number of carboxylic acids is 1. The first-order valence-corrected chi connectivity index (χ1v) is 8.62. The second-order valence-corrected chi connectivity index (χ2v) is 6.65. The molecule has 1 aromatic heterocycles. The Hall–Kier alpha value is -3.41. The van der Waals surface area contributed by atoms with Crippen LogP contribution in [0, 0.1) is 6.92 Å². The number of carbonyl (C=O) groups is 2. The summed E-state index contributed by atoms with van der Waals surface area (Å²) in [6.07, 6.45) is 0.571. The Balaban J connectivity index is 1.69. The largest absolute Gasteiger partial charge is 0.478 e. The maximum absolute atomic E-state index is 12.8. The second kappa shape index (κ2) is 6.39. The van der Waals surface area contributed by atoms with Crippen LogP contribution in [0.5, 0.6) is 0 Å². The maximum atomic E-state index is 12.8. The minimum Gasteiger partial charge on any atom is -0.478 e. The summed E-state index contributed by atoms with van der Waals surface area (Å²) in [5.41, 5.74) is 3.17. The van der Waals surface area contributed by atoms with E-state index in [-0.39, 0.29) is 18.0 Å². The minimum absolute atomic E-state index is 0.123. The number of aryl methyl sites for hydroxylation is 1. The molecule has 0 saturated carbocycles. The number of nitrogens with zero attached hydrogens (tertiary/aromatic N) is 1. The van der Waals surface area contributed by atoms with Gasteiger partial charge in [-0.2, -0.15) is 0 Å². The van der Waals surface area contributed by atoms with E-state index in [1.807, 2.05) is 19.1 Å². The van der Waals surface area contributed by atoms with Gasteiger partial charge in [-0.1, -0.05) is 12.1 Å². The van der Waals surface area contributed by atoms with Crippen LogP contribution in [0.3, 0.4) is 0 Å². The first-order chi connectivity index (χ1) is 13.0. The molecule has 27 heavy (non-hydrogen) atoms. The van der Waals surface area contributed by atoms with Crippen molar-refractivity contribution < 1.29 is 19.1 Å². The zero-order chi connectivity index (χ0) is 19.1. The van der Waals surface area contributed by atoms with Crippen LogP contribution >= 0.6 is 0 Å². The molecule has 2 heterocycles. The Morgan fingerprint density at radius 3 is 2.44 bits per heavy atom. The van der Waals surface area contributed by atoms with Gasteiger partial charge in [0.05, 0.1) is 17.7 Å². The lowest BCUT2D eigenvalue weighted by molar-refractivity contribution is 0.0692. The van der Waals surface area contributed by atoms with Gasteiger partial charge in [-0.25, -0.2) is 9.59 Å². The van der Waals surface area contributed by atoms with E-state index in [9.17, 15) is 14.4 Å². The smallest absolute Gasteiger partial charge is 0.341 e. The topological polar surface area (TPSA) is 87.8 Å². The SMILES string of the molecule is Cc1cccc2oc(=O)c3c(c12)CCN(C(=O)c1ccc(C(=O)O)cc1)C3. The summed E-state index contributed by atoms with van der Waals surface area (Å²) in [5, 5.41) is 9.92. The standard InChI is InChI=1S/C21H17NO5/c1-12-3-2-4-17-18(12)15-9-10-22(11-16(15)21(26)27-17)19(23)13-5-7-14(8-6-13)20(24)25/h2-8H,9-11H2,1H3,(H,24,25). The molecule has 0 spiro atoms. The van der Waals surface area contributed by atoms with Gasteiger partial charge in [0, 0.05) is 17.5 Å². The van der Waals surface area contributed by atoms with E-state index in [1.54, 1.807) is 11.0 Å². The van der Waals surface area contributed by atoms with Crippen molar-refractivity contribution in [1.82, 2.24) is 4.90 Å². The molecule has 4 rings (SSSR count). The van der Waals surface area contributed by atoms with Crippen molar-refractivity contribution >= 4 is 22.8 Å². The summed E-state index contributed by atoms with van der Waals surface area (Å²) < 4.78 is 5.46. The molecule has 0 aliphatic carbocycles. The van der Waals surface area contributed by atoms with Gasteiger partial charge >= 0.3 is 11.6 Å². The van der Waals surface area contributed by atoms with Gasteiger partial charge in [0.15, 0.2) is 0 Å². The molecule has 6 heteroatoms. The van der Waals surface area contributed by atoms with E-state index in [4.69, 9.17) is 9.52 Å². The van der Waals surface area contributed by atoms with Crippen LogP contribution in [0.15, 0.2) is 51.7 Å². The van der Waals surface area contributed by atoms with Gasteiger partial charge in [-0.05, 0) is 54.8 Å². The van der Waals surface area contributed by atoms with Gasteiger partial charge < -0.3 is 14.4 Å². The fourth-order valence-electron chi connectivity index (χ4n) is 3.61. The molecule has 1 N–H and O–H groups in total. The number of carbonyl (C=O) groups excluding carboxylic acids is 1. The number of aromatic carboxylic acids is 1. The zero-order valence-corrected chi connectivity index (χ0v) is 14.7. The lowest BCUT2D eigenvalue weighted by Gasteiger charge is -2.29. The molecule has 0 atom stereocenters. The fourth-order valence-corrected chi connectivity index (χ4v) is 3.61. The summed E-state index contributed by atoms with van der Waals surface area (Å²) in [7, 11) is 0. The number of amides is 1. The summed E-state index contributed by atoms with van der Waals surface area (Å²) in [5.74, 6) is -1.28. The number of benzene rings is 2. The Kier molecular flexibility index (Phi) is 4.03. The Labute approximate surface area is 154 Å². The van der Waals surface area contributed by atoms with Crippen molar-refractivity contribution in [3.8, 4) is 0 Å². The van der Waals surface area contributed by atoms with Crippen LogP contribution in [0.4, 0.5) is 0 Å². The molecule has 0 bridgehead atoms. The van der Waals surface area contributed by atoms with Crippen LogP contribution in [0.2, 0.25) is 0 Å². The highest BCUT2D eigenvalue weighted by Crippen LogP contribution is 2.28. The highest BCUT2D eigenvalue weighted by Gasteiger charge is 2.27. The molecule has 3 aromatic rings. The third-order valence-corrected chi connectivity index (χ3v) is 5.00. The van der Waals surface area contributed by atoms with Crippen molar-refractivity contribution in [2.75, 3.05) is 6.54 Å². The normalized spacial score (nSPS) is 13.4. The number of rotatable bonds is 2. The van der Waals surface area contributed by atoms with E-state index < -0.39 is 11.6 Å². The van der Waals surface area contributed by atoms with E-state index in [0.29, 0.717) is 29.7 Å². The van der Waals surface area contributed by atoms with Gasteiger partial charge in [0.1, 0.15) is 5.58 Å². The highest BCUT2D eigenvalue weighted by atomic mass is 16.4. The number of hydrogen-bond acceptors (Lipinski definition) is 4. The molecule has 2 aromatic carbocycles. The molecule has 1 aliphatic heterocycles. The summed E-state index contributed by atoms with van der Waals surface area (Å²) >= 11 is 0. The monoisotopic (exact) mass is 363 g/mol. The Bertz CT molecular complexity index is 1130. The molecule has 0 unspecified atom stereocenters. The minimum atomic E-state index is -1.04. The second-order valence-electron chi connectivity index (χ2n) is 6.65. The first-order valence-electron chi connectivity index (χ1n) is 8.62. The third-order valence-electron chi connectivity index (χ3n) is 5.00. The fraction of sp³-hybridized carbons (Fsp3) is 0.190. The molecule has 136 valence electrons. The van der Waals surface area contributed by atoms with Gasteiger partial charge in [-0.15, -0.1) is 0 Å². The lowest BCUT2D eigenvalue weighted by Crippen LogP contribution is -2.38. The van der Waals surface area contributed by atoms with Crippen LogP contribution in [-0.4, -0.2) is 28.4 Å². The lowest BCUT2D eigenvalue weighted by atomic mass is 9.94. The molecular formula is C21H17NO5. The predicted octanol–water partition coefficient (Wildman–Crippen LogP) is 3.00. The molecule has 0 fully saturated rings. The van der Waals surface area contributed by atoms with E-state index >= 15 is 0 Å². The van der Waals surface area contributed by atoms with Gasteiger partial charge in [0.25, 0.3) is 5.91 Å². The quantitative estimate of drug-likeness (QED) is 0.707. The number of hydrogen-bond donors (Lipinski definition) is 1. The van der Waals surface area contributed by atoms with Gasteiger partial charge in [0.2, 0.25) is 0 Å². The number of carboxylic acid groups (broad SMARTS) is 1. The van der Waals surface area contributed by atoms with E-state index in [0.717, 1.165) is 16.5 Å². The number of fused-ring (bicyclic) bond motifs is 3. The van der Waals surface area contributed by atoms with Crippen LogP contribution in [0.1, 0.15) is 37.4 Å². The zero-order valence-electron chi connectivity index (χ0n) is 14.7. The van der Waals surface area contributed by atoms with E-state index in [1.165, 1.54) is 24.3 Å². The molecular weight excluding hydrogens is 346 g/mol. The highest BCUT2D eigenvalue weighted by molar-refractivity contribution is 5.96. The van der Waals surface area contributed by atoms with Gasteiger partial charge in [-0.3, -0.25) is 4.79 Å². The van der Waals surface area contributed by atoms with Crippen LogP contribution < -0.4 is 5.63 Å². The molecule has 0 radical (unpaired) electrons. The van der Waals surface area contributed by atoms with Crippen molar-refractivity contribution in [2.24, 2.45) is 0 Å². The average molecular weight is 363 g/mol.